The fourth-order valence-corrected chi connectivity index (χ4v) is 3.27. The number of benzene rings is 1. The minimum Gasteiger partial charge on any atom is -0.505 e. The van der Waals surface area contributed by atoms with E-state index in [2.05, 4.69) is 63.7 Å². The molecule has 0 atom stereocenters. The third-order valence-corrected chi connectivity index (χ3v) is 6.22. The van der Waals surface area contributed by atoms with E-state index in [-0.39, 0.29) is 5.75 Å². The van der Waals surface area contributed by atoms with Crippen LogP contribution in [0.5, 0.6) is 5.75 Å². The first kappa shape index (κ1) is 11.3. The van der Waals surface area contributed by atoms with Gasteiger partial charge in [0, 0.05) is 0 Å². The second-order valence-electron chi connectivity index (χ2n) is 1.92. The maximum absolute atomic E-state index is 9.46. The van der Waals surface area contributed by atoms with Crippen LogP contribution in [0.25, 0.3) is 0 Å². The maximum atomic E-state index is 9.46. The monoisotopic (exact) mass is 440 g/mol. The Labute approximate surface area is 108 Å². The summed E-state index contributed by atoms with van der Waals surface area (Å²) in [6.45, 7) is 0. The van der Waals surface area contributed by atoms with Gasteiger partial charge in [0.1, 0.15) is 5.75 Å². The number of halogens is 5. The SMILES string of the molecule is Oc1c(Br)c(Cl)c(Br)c(Br)c1Br. The molecule has 12 heavy (non-hydrogen) atoms. The average Bonchev–Trinajstić information content (AvgIpc) is 2.08. The number of aromatic hydroxyl groups is 1. The van der Waals surface area contributed by atoms with Crippen molar-refractivity contribution in [1.29, 1.82) is 0 Å². The van der Waals surface area contributed by atoms with E-state index >= 15 is 0 Å². The van der Waals surface area contributed by atoms with E-state index in [1.165, 1.54) is 0 Å². The number of rotatable bonds is 0. The van der Waals surface area contributed by atoms with Crippen LogP contribution in [0.2, 0.25) is 5.02 Å². The van der Waals surface area contributed by atoms with Gasteiger partial charge in [-0.05, 0) is 63.7 Å². The first-order valence-electron chi connectivity index (χ1n) is 2.67. The molecule has 6 heteroatoms. The van der Waals surface area contributed by atoms with Gasteiger partial charge in [-0.3, -0.25) is 0 Å². The smallest absolute Gasteiger partial charge is 0.146 e. The highest BCUT2D eigenvalue weighted by Crippen LogP contribution is 2.47. The number of phenolic OH excluding ortho intramolecular Hbond substituents is 1. The van der Waals surface area contributed by atoms with Crippen molar-refractivity contribution in [1.82, 2.24) is 0 Å². The third kappa shape index (κ3) is 1.85. The van der Waals surface area contributed by atoms with Crippen molar-refractivity contribution in [2.45, 2.75) is 0 Å². The van der Waals surface area contributed by atoms with Crippen LogP contribution in [0, 0.1) is 0 Å². The molecule has 0 saturated carbocycles. The molecule has 0 aliphatic rings. The third-order valence-electron chi connectivity index (χ3n) is 1.19. The van der Waals surface area contributed by atoms with Gasteiger partial charge in [-0.15, -0.1) is 0 Å². The largest absolute Gasteiger partial charge is 0.505 e. The molecule has 0 fully saturated rings. The van der Waals surface area contributed by atoms with Crippen LogP contribution in [-0.4, -0.2) is 5.11 Å². The molecular weight excluding hydrogens is 443 g/mol. The Morgan fingerprint density at radius 3 is 1.83 bits per heavy atom. The molecule has 0 bridgehead atoms. The lowest BCUT2D eigenvalue weighted by molar-refractivity contribution is 0.468. The van der Waals surface area contributed by atoms with Crippen LogP contribution >= 0.6 is 75.3 Å². The zero-order valence-electron chi connectivity index (χ0n) is 5.34. The Morgan fingerprint density at radius 1 is 0.833 bits per heavy atom. The molecule has 0 unspecified atom stereocenters. The Morgan fingerprint density at radius 2 is 1.33 bits per heavy atom. The van der Waals surface area contributed by atoms with Gasteiger partial charge < -0.3 is 5.11 Å². The molecule has 1 aromatic carbocycles. The zero-order valence-corrected chi connectivity index (χ0v) is 12.4. The molecule has 66 valence electrons. The van der Waals surface area contributed by atoms with Crippen molar-refractivity contribution in [3.8, 4) is 5.75 Å². The molecule has 1 nitrogen and oxygen atoms in total. The van der Waals surface area contributed by atoms with Crippen LogP contribution in [0.1, 0.15) is 0 Å². The van der Waals surface area contributed by atoms with E-state index in [1.807, 2.05) is 0 Å². The number of hydrogen-bond acceptors (Lipinski definition) is 1. The summed E-state index contributed by atoms with van der Waals surface area (Å²) >= 11 is 18.7. The van der Waals surface area contributed by atoms with E-state index in [0.29, 0.717) is 22.9 Å². The van der Waals surface area contributed by atoms with E-state index in [4.69, 9.17) is 11.6 Å². The Hall–Kier alpha value is 1.23. The van der Waals surface area contributed by atoms with E-state index in [0.717, 1.165) is 0 Å². The maximum Gasteiger partial charge on any atom is 0.146 e. The second kappa shape index (κ2) is 4.17. The molecule has 1 N–H and O–H groups in total. The summed E-state index contributed by atoms with van der Waals surface area (Å²) in [6.07, 6.45) is 0. The Bertz CT molecular complexity index is 234. The highest BCUT2D eigenvalue weighted by molar-refractivity contribution is 9.14. The quantitative estimate of drug-likeness (QED) is 0.437. The highest BCUT2D eigenvalue weighted by atomic mass is 79.9. The summed E-state index contributed by atoms with van der Waals surface area (Å²) in [6, 6.07) is 0. The van der Waals surface area contributed by atoms with Crippen molar-refractivity contribution in [3.63, 3.8) is 0 Å². The molecule has 0 heterocycles. The van der Waals surface area contributed by atoms with E-state index < -0.39 is 0 Å². The summed E-state index contributed by atoms with van der Waals surface area (Å²) in [4.78, 5) is 0. The highest BCUT2D eigenvalue weighted by Gasteiger charge is 2.16. The molecule has 0 amide bonds. The van der Waals surface area contributed by atoms with Crippen LogP contribution in [0.15, 0.2) is 17.9 Å². The summed E-state index contributed by atoms with van der Waals surface area (Å²) in [5, 5.41) is 9.90. The van der Waals surface area contributed by atoms with E-state index in [1.54, 1.807) is 0 Å². The molecule has 0 saturated heterocycles. The first-order chi connectivity index (χ1) is 5.46. The predicted molar refractivity (Wildman–Crippen MR) is 63.9 cm³/mol. The van der Waals surface area contributed by atoms with Crippen molar-refractivity contribution >= 4 is 75.3 Å². The molecule has 0 aliphatic carbocycles. The zero-order chi connectivity index (χ0) is 9.46. The molecule has 0 aromatic heterocycles. The standard InChI is InChI=1S/C6HBr4ClO/c7-1-2(8)5(11)4(10)6(12)3(1)9/h12H. The van der Waals surface area contributed by atoms with Crippen LogP contribution < -0.4 is 0 Å². The summed E-state index contributed by atoms with van der Waals surface area (Å²) in [5.41, 5.74) is 0. The van der Waals surface area contributed by atoms with Gasteiger partial charge in [-0.1, -0.05) is 11.6 Å². The Kier molecular flexibility index (Phi) is 3.93. The fraction of sp³-hybridized carbons (Fsp3) is 0. The van der Waals surface area contributed by atoms with Gasteiger partial charge in [0.15, 0.2) is 0 Å². The fourth-order valence-electron chi connectivity index (χ4n) is 0.593. The average molecular weight is 444 g/mol. The van der Waals surface area contributed by atoms with Crippen LogP contribution in [0.4, 0.5) is 0 Å². The van der Waals surface area contributed by atoms with Gasteiger partial charge in [-0.25, -0.2) is 0 Å². The van der Waals surface area contributed by atoms with Crippen LogP contribution in [0.3, 0.4) is 0 Å². The van der Waals surface area contributed by atoms with Gasteiger partial charge in [0.2, 0.25) is 0 Å². The van der Waals surface area contributed by atoms with Crippen molar-refractivity contribution in [2.75, 3.05) is 0 Å². The lowest BCUT2D eigenvalue weighted by Crippen LogP contribution is -1.80. The molecule has 0 spiro atoms. The number of phenols is 1. The van der Waals surface area contributed by atoms with Crippen molar-refractivity contribution < 1.29 is 5.11 Å². The van der Waals surface area contributed by atoms with Gasteiger partial charge in [0.05, 0.1) is 22.9 Å². The lowest BCUT2D eigenvalue weighted by atomic mass is 10.3. The number of hydrogen-bond donors (Lipinski definition) is 1. The lowest BCUT2D eigenvalue weighted by Gasteiger charge is -2.07. The summed E-state index contributed by atoms with van der Waals surface area (Å²) < 4.78 is 2.41. The van der Waals surface area contributed by atoms with Gasteiger partial charge in [-0.2, -0.15) is 0 Å². The van der Waals surface area contributed by atoms with Crippen molar-refractivity contribution in [2.24, 2.45) is 0 Å². The summed E-state index contributed by atoms with van der Waals surface area (Å²) in [7, 11) is 0. The van der Waals surface area contributed by atoms with E-state index in [9.17, 15) is 5.11 Å². The van der Waals surface area contributed by atoms with Crippen LogP contribution in [-0.2, 0) is 0 Å². The molecule has 1 aromatic rings. The van der Waals surface area contributed by atoms with Gasteiger partial charge >= 0.3 is 0 Å². The molecule has 0 radical (unpaired) electrons. The van der Waals surface area contributed by atoms with Gasteiger partial charge in [0.25, 0.3) is 0 Å². The normalized spacial score (nSPS) is 10.4. The summed E-state index contributed by atoms with van der Waals surface area (Å²) in [5.74, 6) is 0.0788. The predicted octanol–water partition coefficient (Wildman–Crippen LogP) is 5.10. The molecule has 1 rings (SSSR count). The minimum atomic E-state index is 0.0788. The Balaban J connectivity index is 3.60. The minimum absolute atomic E-state index is 0.0788. The molecular formula is C6HBr4ClO. The first-order valence-corrected chi connectivity index (χ1v) is 6.22. The topological polar surface area (TPSA) is 20.2 Å². The molecule has 0 aliphatic heterocycles. The second-order valence-corrected chi connectivity index (χ2v) is 5.47. The van der Waals surface area contributed by atoms with Crippen molar-refractivity contribution in [3.05, 3.63) is 22.9 Å².